The van der Waals surface area contributed by atoms with Gasteiger partial charge < -0.3 is 19.9 Å². The van der Waals surface area contributed by atoms with E-state index in [1.54, 1.807) is 24.3 Å². The zero-order valence-electron chi connectivity index (χ0n) is 12.2. The molecule has 1 amide bonds. The van der Waals surface area contributed by atoms with Crippen molar-refractivity contribution in [3.05, 3.63) is 45.6 Å². The van der Waals surface area contributed by atoms with E-state index in [0.29, 0.717) is 29.5 Å². The standard InChI is InChI=1S/C16H15NO5S/c18-15(19)9-22-12-3-1-2-11(7-12)17-16(20)14-6-10-8-21-5-4-13(10)23-14/h1-3,6-7H,4-5,8-9H2,(H,17,20)(H,18,19). The lowest BCUT2D eigenvalue weighted by atomic mass is 10.2. The lowest BCUT2D eigenvalue weighted by molar-refractivity contribution is -0.139. The lowest BCUT2D eigenvalue weighted by Gasteiger charge is -2.10. The highest BCUT2D eigenvalue weighted by Crippen LogP contribution is 2.28. The van der Waals surface area contributed by atoms with Crippen molar-refractivity contribution in [1.82, 2.24) is 0 Å². The Balaban J connectivity index is 1.68. The van der Waals surface area contributed by atoms with Gasteiger partial charge in [-0.05, 0) is 23.8 Å². The van der Waals surface area contributed by atoms with Crippen molar-refractivity contribution in [3.63, 3.8) is 0 Å². The van der Waals surface area contributed by atoms with E-state index in [2.05, 4.69) is 5.32 Å². The Morgan fingerprint density at radius 1 is 1.35 bits per heavy atom. The van der Waals surface area contributed by atoms with Crippen LogP contribution in [0.25, 0.3) is 0 Å². The van der Waals surface area contributed by atoms with Gasteiger partial charge in [0.15, 0.2) is 6.61 Å². The minimum atomic E-state index is -1.05. The van der Waals surface area contributed by atoms with Crippen molar-refractivity contribution in [2.45, 2.75) is 13.0 Å². The van der Waals surface area contributed by atoms with Crippen LogP contribution in [-0.2, 0) is 22.6 Å². The molecule has 0 unspecified atom stereocenters. The van der Waals surface area contributed by atoms with Crippen molar-refractivity contribution in [2.24, 2.45) is 0 Å². The number of anilines is 1. The molecule has 0 atom stereocenters. The number of ether oxygens (including phenoxy) is 2. The van der Waals surface area contributed by atoms with Crippen LogP contribution in [0.2, 0.25) is 0 Å². The summed E-state index contributed by atoms with van der Waals surface area (Å²) in [5.41, 5.74) is 1.63. The number of carbonyl (C=O) groups is 2. The number of hydrogen-bond donors (Lipinski definition) is 2. The molecule has 2 N–H and O–H groups in total. The van der Waals surface area contributed by atoms with Crippen LogP contribution in [0, 0.1) is 0 Å². The first kappa shape index (κ1) is 15.5. The maximum Gasteiger partial charge on any atom is 0.341 e. The van der Waals surface area contributed by atoms with Gasteiger partial charge in [-0.15, -0.1) is 11.3 Å². The molecule has 6 nitrogen and oxygen atoms in total. The second-order valence-corrected chi connectivity index (χ2v) is 6.16. The summed E-state index contributed by atoms with van der Waals surface area (Å²) in [6.07, 6.45) is 0.839. The fourth-order valence-corrected chi connectivity index (χ4v) is 3.31. The molecule has 2 aromatic rings. The van der Waals surface area contributed by atoms with E-state index in [4.69, 9.17) is 14.6 Å². The summed E-state index contributed by atoms with van der Waals surface area (Å²) in [6.45, 7) is 0.824. The quantitative estimate of drug-likeness (QED) is 0.878. The van der Waals surface area contributed by atoms with Crippen LogP contribution in [0.3, 0.4) is 0 Å². The van der Waals surface area contributed by atoms with E-state index in [1.807, 2.05) is 6.07 Å². The van der Waals surface area contributed by atoms with Crippen molar-refractivity contribution < 1.29 is 24.2 Å². The van der Waals surface area contributed by atoms with Gasteiger partial charge in [-0.1, -0.05) is 6.07 Å². The van der Waals surface area contributed by atoms with Gasteiger partial charge in [-0.2, -0.15) is 0 Å². The number of aliphatic carboxylic acids is 1. The van der Waals surface area contributed by atoms with Gasteiger partial charge in [0.05, 0.1) is 18.1 Å². The van der Waals surface area contributed by atoms with Crippen LogP contribution >= 0.6 is 11.3 Å². The number of amides is 1. The first-order valence-electron chi connectivity index (χ1n) is 7.07. The van der Waals surface area contributed by atoms with E-state index in [9.17, 15) is 9.59 Å². The Labute approximate surface area is 136 Å². The van der Waals surface area contributed by atoms with Gasteiger partial charge in [0.25, 0.3) is 5.91 Å². The molecule has 0 saturated heterocycles. The average Bonchev–Trinajstić information content (AvgIpc) is 2.97. The fourth-order valence-electron chi connectivity index (χ4n) is 2.26. The molecular weight excluding hydrogens is 318 g/mol. The Morgan fingerprint density at radius 2 is 2.22 bits per heavy atom. The van der Waals surface area contributed by atoms with Gasteiger partial charge in [0.2, 0.25) is 0 Å². The van der Waals surface area contributed by atoms with Crippen molar-refractivity contribution in [2.75, 3.05) is 18.5 Å². The number of thiophene rings is 1. The Bertz CT molecular complexity index is 716. The summed E-state index contributed by atoms with van der Waals surface area (Å²) in [6, 6.07) is 8.51. The Hall–Kier alpha value is -2.38. The van der Waals surface area contributed by atoms with Crippen LogP contribution in [0.5, 0.6) is 5.75 Å². The number of nitrogens with one attached hydrogen (secondary N) is 1. The number of rotatable bonds is 5. The van der Waals surface area contributed by atoms with Crippen molar-refractivity contribution in [1.29, 1.82) is 0 Å². The predicted molar refractivity (Wildman–Crippen MR) is 85.2 cm³/mol. The number of benzene rings is 1. The van der Waals surface area contributed by atoms with Gasteiger partial charge in [-0.3, -0.25) is 4.79 Å². The summed E-state index contributed by atoms with van der Waals surface area (Å²) in [5.74, 6) is -0.852. The number of fused-ring (bicyclic) bond motifs is 1. The topological polar surface area (TPSA) is 84.9 Å². The van der Waals surface area contributed by atoms with Gasteiger partial charge in [0.1, 0.15) is 5.75 Å². The summed E-state index contributed by atoms with van der Waals surface area (Å²) in [7, 11) is 0. The monoisotopic (exact) mass is 333 g/mol. The van der Waals surface area contributed by atoms with Crippen LogP contribution in [-0.4, -0.2) is 30.2 Å². The zero-order valence-corrected chi connectivity index (χ0v) is 13.0. The molecule has 1 aliphatic heterocycles. The van der Waals surface area contributed by atoms with E-state index in [-0.39, 0.29) is 5.91 Å². The molecule has 120 valence electrons. The van der Waals surface area contributed by atoms with E-state index >= 15 is 0 Å². The molecule has 0 saturated carbocycles. The van der Waals surface area contributed by atoms with E-state index in [1.165, 1.54) is 16.2 Å². The zero-order chi connectivity index (χ0) is 16.2. The predicted octanol–water partition coefficient (Wildman–Crippen LogP) is 2.54. The van der Waals surface area contributed by atoms with Gasteiger partial charge in [-0.25, -0.2) is 4.79 Å². The molecule has 1 aromatic heterocycles. The molecule has 0 spiro atoms. The first-order chi connectivity index (χ1) is 11.1. The third kappa shape index (κ3) is 3.88. The normalized spacial score (nSPS) is 13.2. The third-order valence-corrected chi connectivity index (χ3v) is 4.54. The highest BCUT2D eigenvalue weighted by atomic mass is 32.1. The SMILES string of the molecule is O=C(O)COc1cccc(NC(=O)c2cc3c(s2)CCOC3)c1. The van der Waals surface area contributed by atoms with Crippen LogP contribution in [0.4, 0.5) is 5.69 Å². The molecular formula is C16H15NO5S. The molecule has 3 rings (SSSR count). The highest BCUT2D eigenvalue weighted by molar-refractivity contribution is 7.14. The summed E-state index contributed by atoms with van der Waals surface area (Å²) >= 11 is 1.48. The van der Waals surface area contributed by atoms with Gasteiger partial charge in [0, 0.05) is 23.1 Å². The summed E-state index contributed by atoms with van der Waals surface area (Å²) < 4.78 is 10.5. The maximum atomic E-state index is 12.3. The van der Waals surface area contributed by atoms with E-state index < -0.39 is 12.6 Å². The summed E-state index contributed by atoms with van der Waals surface area (Å²) in [5, 5.41) is 11.4. The molecule has 0 radical (unpaired) electrons. The highest BCUT2D eigenvalue weighted by Gasteiger charge is 2.17. The van der Waals surface area contributed by atoms with Crippen LogP contribution in [0.15, 0.2) is 30.3 Å². The van der Waals surface area contributed by atoms with Crippen molar-refractivity contribution >= 4 is 28.9 Å². The Morgan fingerprint density at radius 3 is 3.00 bits per heavy atom. The molecule has 23 heavy (non-hydrogen) atoms. The molecule has 0 aliphatic carbocycles. The molecule has 1 aromatic carbocycles. The Kier molecular flexibility index (Phi) is 4.59. The molecule has 2 heterocycles. The maximum absolute atomic E-state index is 12.3. The van der Waals surface area contributed by atoms with E-state index in [0.717, 1.165) is 12.0 Å². The lowest BCUT2D eigenvalue weighted by Crippen LogP contribution is -2.11. The summed E-state index contributed by atoms with van der Waals surface area (Å²) in [4.78, 5) is 24.7. The molecule has 7 heteroatoms. The largest absolute Gasteiger partial charge is 0.482 e. The molecule has 0 bridgehead atoms. The molecule has 1 aliphatic rings. The number of carboxylic acid groups (broad SMARTS) is 1. The third-order valence-electron chi connectivity index (χ3n) is 3.31. The van der Waals surface area contributed by atoms with Gasteiger partial charge >= 0.3 is 5.97 Å². The number of carbonyl (C=O) groups excluding carboxylic acids is 1. The first-order valence-corrected chi connectivity index (χ1v) is 7.89. The minimum absolute atomic E-state index is 0.195. The minimum Gasteiger partial charge on any atom is -0.482 e. The smallest absolute Gasteiger partial charge is 0.341 e. The second-order valence-electron chi connectivity index (χ2n) is 5.03. The average molecular weight is 333 g/mol. The number of carboxylic acids is 1. The molecule has 0 fully saturated rings. The van der Waals surface area contributed by atoms with Crippen molar-refractivity contribution in [3.8, 4) is 5.75 Å². The second kappa shape index (κ2) is 6.80. The van der Waals surface area contributed by atoms with Crippen LogP contribution < -0.4 is 10.1 Å². The fraction of sp³-hybridized carbons (Fsp3) is 0.250. The van der Waals surface area contributed by atoms with Crippen LogP contribution in [0.1, 0.15) is 20.1 Å². The number of hydrogen-bond acceptors (Lipinski definition) is 5.